The van der Waals surface area contributed by atoms with Crippen LogP contribution in [0.1, 0.15) is 33.7 Å². The van der Waals surface area contributed by atoms with Gasteiger partial charge in [-0.3, -0.25) is 0 Å². The lowest BCUT2D eigenvalue weighted by atomic mass is 10.1. The molecule has 3 aromatic rings. The third kappa shape index (κ3) is 3.30. The molecule has 0 aliphatic heterocycles. The summed E-state index contributed by atoms with van der Waals surface area (Å²) >= 11 is 0. The van der Waals surface area contributed by atoms with E-state index >= 15 is 0 Å². The van der Waals surface area contributed by atoms with Crippen molar-refractivity contribution in [2.45, 2.75) is 13.0 Å². The predicted molar refractivity (Wildman–Crippen MR) is 92.6 cm³/mol. The van der Waals surface area contributed by atoms with E-state index in [-0.39, 0.29) is 11.5 Å². The van der Waals surface area contributed by atoms with Gasteiger partial charge in [-0.15, -0.1) is 5.16 Å². The molecule has 1 aromatic carbocycles. The number of nitrogens with zero attached hydrogens (tertiary/aromatic N) is 3. The largest absolute Gasteiger partial charge is 0.475 e. The van der Waals surface area contributed by atoms with Crippen LogP contribution in [0.5, 0.6) is 11.6 Å². The molecule has 26 heavy (non-hydrogen) atoms. The Morgan fingerprint density at radius 1 is 1.31 bits per heavy atom. The van der Waals surface area contributed by atoms with E-state index in [4.69, 9.17) is 19.1 Å². The summed E-state index contributed by atoms with van der Waals surface area (Å²) in [4.78, 5) is 16.5. The van der Waals surface area contributed by atoms with Crippen LogP contribution in [0.2, 0.25) is 0 Å². The molecule has 0 fully saturated rings. The number of carboxylic acids is 1. The van der Waals surface area contributed by atoms with Crippen molar-refractivity contribution in [3.05, 3.63) is 65.2 Å². The molecule has 1 N–H and O–H groups in total. The van der Waals surface area contributed by atoms with E-state index in [0.29, 0.717) is 22.9 Å². The molecule has 8 nitrogen and oxygen atoms in total. The molecular weight excluding hydrogens is 338 g/mol. The summed E-state index contributed by atoms with van der Waals surface area (Å²) in [5.74, 6) is -0.0814. The topological polar surface area (TPSA) is 99.1 Å². The molecule has 2 heterocycles. The van der Waals surface area contributed by atoms with Crippen molar-refractivity contribution in [2.75, 3.05) is 0 Å². The molecule has 0 aliphatic carbocycles. The molecule has 0 amide bonds. The van der Waals surface area contributed by atoms with Crippen molar-refractivity contribution in [3.8, 4) is 11.6 Å². The molecular formula is C18H17N3O5. The number of oxime groups is 1. The molecule has 0 radical (unpaired) electrons. The molecule has 0 spiro atoms. The maximum atomic E-state index is 11.1. The van der Waals surface area contributed by atoms with Crippen LogP contribution in [0.4, 0.5) is 0 Å². The van der Waals surface area contributed by atoms with Gasteiger partial charge in [0, 0.05) is 13.8 Å². The van der Waals surface area contributed by atoms with Crippen LogP contribution in [0, 0.1) is 6.92 Å². The van der Waals surface area contributed by atoms with Gasteiger partial charge in [0.1, 0.15) is 5.75 Å². The first-order valence-corrected chi connectivity index (χ1v) is 7.72. The summed E-state index contributed by atoms with van der Waals surface area (Å²) in [5, 5.41) is 16.9. The van der Waals surface area contributed by atoms with E-state index in [0.717, 1.165) is 0 Å². The molecule has 8 heteroatoms. The number of carboxylic acid groups (broad SMARTS) is 1. The highest BCUT2D eigenvalue weighted by Crippen LogP contribution is 2.38. The standard InChI is InChI=1S/C18H17N3O5/c1-11-15(16(26-19-2)13-9-10-14(25-13)18(22)23)17(21(3)20-11)24-12-7-5-4-6-8-12/h4-10,16H,2H2,1,3H3,(H,22,23). The van der Waals surface area contributed by atoms with E-state index in [1.54, 1.807) is 18.7 Å². The van der Waals surface area contributed by atoms with Crippen molar-refractivity contribution in [2.24, 2.45) is 12.2 Å². The van der Waals surface area contributed by atoms with Crippen molar-refractivity contribution in [1.82, 2.24) is 9.78 Å². The zero-order valence-corrected chi connectivity index (χ0v) is 14.2. The number of aromatic nitrogens is 2. The minimum atomic E-state index is -1.18. The predicted octanol–water partition coefficient (Wildman–Crippen LogP) is 3.53. The smallest absolute Gasteiger partial charge is 0.371 e. The Morgan fingerprint density at radius 3 is 2.65 bits per heavy atom. The van der Waals surface area contributed by atoms with Crippen LogP contribution in [0.15, 0.2) is 52.0 Å². The van der Waals surface area contributed by atoms with Gasteiger partial charge in [-0.25, -0.2) is 9.48 Å². The van der Waals surface area contributed by atoms with Gasteiger partial charge in [-0.1, -0.05) is 18.2 Å². The summed E-state index contributed by atoms with van der Waals surface area (Å²) in [7, 11) is 1.73. The molecule has 0 aliphatic rings. The van der Waals surface area contributed by atoms with Crippen molar-refractivity contribution < 1.29 is 23.9 Å². The van der Waals surface area contributed by atoms with E-state index in [9.17, 15) is 4.79 Å². The second kappa shape index (κ2) is 7.14. The minimum Gasteiger partial charge on any atom is -0.475 e. The Hall–Kier alpha value is -3.55. The summed E-state index contributed by atoms with van der Waals surface area (Å²) in [6.45, 7) is 5.13. The van der Waals surface area contributed by atoms with E-state index in [1.165, 1.54) is 12.1 Å². The van der Waals surface area contributed by atoms with Crippen molar-refractivity contribution in [3.63, 3.8) is 0 Å². The molecule has 0 bridgehead atoms. The quantitative estimate of drug-likeness (QED) is 0.514. The molecule has 2 aromatic heterocycles. The zero-order valence-electron chi connectivity index (χ0n) is 14.2. The Balaban J connectivity index is 2.06. The fourth-order valence-electron chi connectivity index (χ4n) is 2.61. The molecule has 1 atom stereocenters. The number of carbonyl (C=O) groups is 1. The Bertz CT molecular complexity index is 930. The van der Waals surface area contributed by atoms with Gasteiger partial charge in [0.15, 0.2) is 5.76 Å². The first kappa shape index (κ1) is 17.3. The average molecular weight is 355 g/mol. The van der Waals surface area contributed by atoms with Crippen LogP contribution in [0.3, 0.4) is 0 Å². The summed E-state index contributed by atoms with van der Waals surface area (Å²) in [6, 6.07) is 12.1. The summed E-state index contributed by atoms with van der Waals surface area (Å²) < 4.78 is 12.9. The number of furan rings is 1. The first-order chi connectivity index (χ1) is 12.5. The van der Waals surface area contributed by atoms with Crippen LogP contribution in [-0.2, 0) is 11.9 Å². The number of aromatic carboxylic acids is 1. The van der Waals surface area contributed by atoms with Crippen LogP contribution in [-0.4, -0.2) is 27.6 Å². The zero-order chi connectivity index (χ0) is 18.7. The van der Waals surface area contributed by atoms with Crippen molar-refractivity contribution >= 4 is 12.7 Å². The molecule has 0 saturated heterocycles. The van der Waals surface area contributed by atoms with Gasteiger partial charge < -0.3 is 19.1 Å². The number of para-hydroxylation sites is 1. The first-order valence-electron chi connectivity index (χ1n) is 7.72. The summed E-state index contributed by atoms with van der Waals surface area (Å²) in [6.07, 6.45) is -0.854. The fourth-order valence-corrected chi connectivity index (χ4v) is 2.61. The van der Waals surface area contributed by atoms with Crippen molar-refractivity contribution in [1.29, 1.82) is 0 Å². The number of rotatable bonds is 7. The monoisotopic (exact) mass is 355 g/mol. The number of aryl methyl sites for hydroxylation is 2. The molecule has 1 unspecified atom stereocenters. The maximum absolute atomic E-state index is 11.1. The molecule has 134 valence electrons. The van der Waals surface area contributed by atoms with Gasteiger partial charge in [-0.05, 0) is 31.2 Å². The van der Waals surface area contributed by atoms with Gasteiger partial charge in [0.25, 0.3) is 0 Å². The Kier molecular flexibility index (Phi) is 4.74. The van der Waals surface area contributed by atoms with Gasteiger partial charge in [-0.2, -0.15) is 5.10 Å². The number of hydrogen-bond donors (Lipinski definition) is 1. The molecule has 0 saturated carbocycles. The fraction of sp³-hybridized carbons (Fsp3) is 0.167. The van der Waals surface area contributed by atoms with Crippen LogP contribution < -0.4 is 4.74 Å². The lowest BCUT2D eigenvalue weighted by molar-refractivity contribution is 0.0600. The van der Waals surface area contributed by atoms with Gasteiger partial charge >= 0.3 is 5.97 Å². The normalized spacial score (nSPS) is 11.8. The number of hydrogen-bond acceptors (Lipinski definition) is 6. The second-order valence-corrected chi connectivity index (χ2v) is 5.46. The SMILES string of the molecule is C=NOC(c1ccc(C(=O)O)o1)c1c(C)nn(C)c1Oc1ccccc1. The third-order valence-corrected chi connectivity index (χ3v) is 3.71. The van der Waals surface area contributed by atoms with Gasteiger partial charge in [0.05, 0.1) is 11.3 Å². The van der Waals surface area contributed by atoms with E-state index < -0.39 is 12.1 Å². The van der Waals surface area contributed by atoms with Crippen LogP contribution >= 0.6 is 0 Å². The Labute approximate surface area is 149 Å². The minimum absolute atomic E-state index is 0.204. The Morgan fingerprint density at radius 2 is 2.04 bits per heavy atom. The number of benzene rings is 1. The lowest BCUT2D eigenvalue weighted by Gasteiger charge is -2.15. The highest BCUT2D eigenvalue weighted by molar-refractivity contribution is 5.84. The average Bonchev–Trinajstić information content (AvgIpc) is 3.20. The highest BCUT2D eigenvalue weighted by Gasteiger charge is 2.30. The van der Waals surface area contributed by atoms with Gasteiger partial charge in [0.2, 0.25) is 17.7 Å². The number of ether oxygens (including phenoxy) is 1. The highest BCUT2D eigenvalue weighted by atomic mass is 16.6. The van der Waals surface area contributed by atoms with E-state index in [2.05, 4.69) is 17.0 Å². The summed E-state index contributed by atoms with van der Waals surface area (Å²) in [5.41, 5.74) is 1.19. The third-order valence-electron chi connectivity index (χ3n) is 3.71. The second-order valence-electron chi connectivity index (χ2n) is 5.46. The lowest BCUT2D eigenvalue weighted by Crippen LogP contribution is -2.05. The van der Waals surface area contributed by atoms with E-state index in [1.807, 2.05) is 30.3 Å². The van der Waals surface area contributed by atoms with Crippen LogP contribution in [0.25, 0.3) is 0 Å². The molecule has 3 rings (SSSR count). The maximum Gasteiger partial charge on any atom is 0.371 e.